The molecule has 0 fully saturated rings. The molecule has 2 aliphatic rings. The van der Waals surface area contributed by atoms with Crippen LogP contribution in [0.5, 0.6) is 11.5 Å². The molecular formula is C34H38N2O6. The molecular weight excluding hydrogens is 532 g/mol. The first-order chi connectivity index (χ1) is 20.2. The first kappa shape index (κ1) is 29.3. The molecule has 1 N–H and O–H groups in total. The highest BCUT2D eigenvalue weighted by Crippen LogP contribution is 2.37. The molecule has 0 aliphatic heterocycles. The first-order valence-electron chi connectivity index (χ1n) is 14.4. The zero-order valence-corrected chi connectivity index (χ0v) is 24.7. The average molecular weight is 571 g/mol. The van der Waals surface area contributed by atoms with Crippen molar-refractivity contribution in [3.63, 3.8) is 0 Å². The van der Waals surface area contributed by atoms with Crippen LogP contribution in [0.3, 0.4) is 0 Å². The van der Waals surface area contributed by atoms with Gasteiger partial charge in [0.25, 0.3) is 0 Å². The number of rotatable bonds is 10. The van der Waals surface area contributed by atoms with E-state index in [9.17, 15) is 14.7 Å². The summed E-state index contributed by atoms with van der Waals surface area (Å²) in [4.78, 5) is 31.4. The van der Waals surface area contributed by atoms with Crippen LogP contribution < -0.4 is 9.47 Å². The highest BCUT2D eigenvalue weighted by molar-refractivity contribution is 6.23. The lowest BCUT2D eigenvalue weighted by Gasteiger charge is -2.26. The van der Waals surface area contributed by atoms with Crippen LogP contribution >= 0.6 is 0 Å². The normalized spacial score (nSPS) is 18.7. The highest BCUT2D eigenvalue weighted by Gasteiger charge is 2.37. The van der Waals surface area contributed by atoms with Gasteiger partial charge in [0.05, 0.1) is 31.1 Å². The van der Waals surface area contributed by atoms with Crippen LogP contribution in [0.1, 0.15) is 78.4 Å². The van der Waals surface area contributed by atoms with E-state index in [-0.39, 0.29) is 28.7 Å². The Morgan fingerprint density at radius 2 is 1.76 bits per heavy atom. The molecule has 8 nitrogen and oxygen atoms in total. The molecule has 0 saturated carbocycles. The summed E-state index contributed by atoms with van der Waals surface area (Å²) in [7, 11) is 3.19. The quantitative estimate of drug-likeness (QED) is 0.280. The van der Waals surface area contributed by atoms with Crippen LogP contribution in [0.4, 0.5) is 0 Å². The minimum Gasteiger partial charge on any atom is -0.511 e. The summed E-state index contributed by atoms with van der Waals surface area (Å²) in [5, 5.41) is 15.4. The lowest BCUT2D eigenvalue weighted by atomic mass is 9.75. The van der Waals surface area contributed by atoms with Gasteiger partial charge in [0.2, 0.25) is 0 Å². The number of allylic oxidation sites excluding steroid dienone is 2. The molecule has 1 unspecified atom stereocenters. The molecule has 8 heteroatoms. The minimum absolute atomic E-state index is 0.0333. The van der Waals surface area contributed by atoms with E-state index in [1.54, 1.807) is 14.2 Å². The molecule has 0 saturated heterocycles. The van der Waals surface area contributed by atoms with Crippen molar-refractivity contribution in [3.05, 3.63) is 88.0 Å². The number of aromatic nitrogens is 1. The third-order valence-corrected chi connectivity index (χ3v) is 8.14. The largest absolute Gasteiger partial charge is 0.511 e. The van der Waals surface area contributed by atoms with E-state index in [0.717, 1.165) is 11.1 Å². The fourth-order valence-corrected chi connectivity index (χ4v) is 6.05. The van der Waals surface area contributed by atoms with Crippen LogP contribution in [-0.2, 0) is 24.1 Å². The Balaban J connectivity index is 1.41. The third-order valence-electron chi connectivity index (χ3n) is 8.14. The Morgan fingerprint density at radius 3 is 2.48 bits per heavy atom. The number of hydrogen-bond donors (Lipinski definition) is 1. The van der Waals surface area contributed by atoms with E-state index in [0.29, 0.717) is 91.3 Å². The molecule has 3 aromatic rings. The molecule has 0 bridgehead atoms. The SMILES string of the molecule is COc1ccc(CCN=C(CCc2noc3c2C(=O)CC(C)(C)C3)C2=C(O)CC(c3ccccc3)CC2=O)cc1OC. The van der Waals surface area contributed by atoms with Crippen molar-refractivity contribution in [2.75, 3.05) is 20.8 Å². The van der Waals surface area contributed by atoms with Gasteiger partial charge in [0, 0.05) is 37.9 Å². The van der Waals surface area contributed by atoms with Crippen LogP contribution in [0.25, 0.3) is 0 Å². The number of ketones is 2. The van der Waals surface area contributed by atoms with Crippen molar-refractivity contribution in [2.24, 2.45) is 10.4 Å². The number of methoxy groups -OCH3 is 2. The maximum absolute atomic E-state index is 13.5. The standard InChI is InChI=1S/C34H38N2O6/c1-34(2)19-28(39)33-25(36-42-31(33)20-34)12-11-24(35-15-14-21-10-13-29(40-3)30(16-21)41-4)32-26(37)17-23(18-27(32)38)22-8-6-5-7-9-22/h5-10,13,16,23,37H,11-12,14-15,17-20H2,1-4H3. The Hall–Kier alpha value is -4.20. The topological polar surface area (TPSA) is 111 Å². The molecule has 1 atom stereocenters. The predicted molar refractivity (Wildman–Crippen MR) is 160 cm³/mol. The van der Waals surface area contributed by atoms with Crippen molar-refractivity contribution in [3.8, 4) is 11.5 Å². The molecule has 1 aromatic heterocycles. The number of hydrogen-bond acceptors (Lipinski definition) is 8. The highest BCUT2D eigenvalue weighted by atomic mass is 16.5. The minimum atomic E-state index is -0.169. The van der Waals surface area contributed by atoms with Gasteiger partial charge in [-0.3, -0.25) is 14.6 Å². The lowest BCUT2D eigenvalue weighted by Crippen LogP contribution is -2.27. The molecule has 0 spiro atoms. The van der Waals surface area contributed by atoms with E-state index in [1.807, 2.05) is 62.4 Å². The summed E-state index contributed by atoms with van der Waals surface area (Å²) in [5.74, 6) is 1.79. The predicted octanol–water partition coefficient (Wildman–Crippen LogP) is 6.42. The third kappa shape index (κ3) is 6.32. The van der Waals surface area contributed by atoms with E-state index in [4.69, 9.17) is 19.0 Å². The number of fused-ring (bicyclic) bond motifs is 1. The molecule has 1 heterocycles. The second-order valence-corrected chi connectivity index (χ2v) is 11.9. The van der Waals surface area contributed by atoms with Crippen molar-refractivity contribution in [2.45, 2.75) is 64.7 Å². The molecule has 2 aromatic carbocycles. The van der Waals surface area contributed by atoms with Crippen LogP contribution in [-0.4, -0.2) is 48.3 Å². The summed E-state index contributed by atoms with van der Waals surface area (Å²) in [5.41, 5.74) is 3.84. The Morgan fingerprint density at radius 1 is 1.00 bits per heavy atom. The summed E-state index contributed by atoms with van der Waals surface area (Å²) in [6, 6.07) is 15.5. The Kier molecular flexibility index (Phi) is 8.61. The number of ether oxygens (including phenoxy) is 2. The number of aryl methyl sites for hydroxylation is 1. The smallest absolute Gasteiger partial charge is 0.168 e. The fraction of sp³-hybridized carbons (Fsp3) is 0.412. The molecule has 5 rings (SSSR count). The Labute approximate surface area is 246 Å². The maximum atomic E-state index is 13.5. The monoisotopic (exact) mass is 570 g/mol. The number of aliphatic hydroxyl groups excluding tert-OH is 1. The fourth-order valence-electron chi connectivity index (χ4n) is 6.05. The summed E-state index contributed by atoms with van der Waals surface area (Å²) < 4.78 is 16.4. The number of carbonyl (C=O) groups is 2. The van der Waals surface area contributed by atoms with E-state index < -0.39 is 0 Å². The first-order valence-corrected chi connectivity index (χ1v) is 14.4. The van der Waals surface area contributed by atoms with E-state index >= 15 is 0 Å². The number of Topliss-reactive ketones (excluding diaryl/α,β-unsaturated/α-hetero) is 2. The second-order valence-electron chi connectivity index (χ2n) is 11.9. The molecule has 42 heavy (non-hydrogen) atoms. The van der Waals surface area contributed by atoms with Gasteiger partial charge in [-0.05, 0) is 53.9 Å². The number of benzene rings is 2. The van der Waals surface area contributed by atoms with Crippen LogP contribution in [0.15, 0.2) is 69.4 Å². The second kappa shape index (κ2) is 12.3. The molecule has 220 valence electrons. The zero-order chi connectivity index (χ0) is 29.9. The van der Waals surface area contributed by atoms with Crippen LogP contribution in [0, 0.1) is 5.41 Å². The summed E-state index contributed by atoms with van der Waals surface area (Å²) >= 11 is 0. The average Bonchev–Trinajstić information content (AvgIpc) is 3.37. The lowest BCUT2D eigenvalue weighted by molar-refractivity contribution is -0.116. The van der Waals surface area contributed by atoms with Gasteiger partial charge in [-0.2, -0.15) is 0 Å². The van der Waals surface area contributed by atoms with Gasteiger partial charge >= 0.3 is 0 Å². The summed E-state index contributed by atoms with van der Waals surface area (Å²) in [6.07, 6.45) is 3.09. The van der Waals surface area contributed by atoms with Gasteiger partial charge < -0.3 is 19.1 Å². The van der Waals surface area contributed by atoms with Crippen molar-refractivity contribution in [1.82, 2.24) is 5.16 Å². The number of aliphatic hydroxyl groups is 1. The molecule has 2 aliphatic carbocycles. The Bertz CT molecular complexity index is 1530. The number of aliphatic imine (C=N–C) groups is 1. The number of nitrogens with zero attached hydrogens (tertiary/aromatic N) is 2. The maximum Gasteiger partial charge on any atom is 0.168 e. The zero-order valence-electron chi connectivity index (χ0n) is 24.7. The van der Waals surface area contributed by atoms with Crippen LogP contribution in [0.2, 0.25) is 0 Å². The van der Waals surface area contributed by atoms with Crippen molar-refractivity contribution < 1.29 is 28.7 Å². The molecule has 0 radical (unpaired) electrons. The van der Waals surface area contributed by atoms with Gasteiger partial charge in [-0.25, -0.2) is 0 Å². The van der Waals surface area contributed by atoms with E-state index in [1.165, 1.54) is 0 Å². The van der Waals surface area contributed by atoms with Gasteiger partial charge in [-0.15, -0.1) is 0 Å². The van der Waals surface area contributed by atoms with Crippen molar-refractivity contribution in [1.29, 1.82) is 0 Å². The van der Waals surface area contributed by atoms with Gasteiger partial charge in [0.15, 0.2) is 23.1 Å². The summed E-state index contributed by atoms with van der Waals surface area (Å²) in [6.45, 7) is 4.50. The van der Waals surface area contributed by atoms with Gasteiger partial charge in [-0.1, -0.05) is 55.4 Å². The molecule has 0 amide bonds. The van der Waals surface area contributed by atoms with Crippen molar-refractivity contribution >= 4 is 17.3 Å². The number of carbonyl (C=O) groups excluding carboxylic acids is 2. The van der Waals surface area contributed by atoms with E-state index in [2.05, 4.69) is 5.16 Å². The van der Waals surface area contributed by atoms with Gasteiger partial charge in [0.1, 0.15) is 11.5 Å².